The van der Waals surface area contributed by atoms with Crippen LogP contribution in [0.15, 0.2) is 29.2 Å². The van der Waals surface area contributed by atoms with Gasteiger partial charge in [0.05, 0.1) is 4.91 Å². The van der Waals surface area contributed by atoms with Crippen LogP contribution in [0.4, 0.5) is 0 Å². The molecule has 0 bridgehead atoms. The molecule has 0 unspecified atom stereocenters. The van der Waals surface area contributed by atoms with Crippen molar-refractivity contribution >= 4 is 57.9 Å². The summed E-state index contributed by atoms with van der Waals surface area (Å²) in [7, 11) is 0. The molecule has 0 saturated carbocycles. The molecular weight excluding hydrogens is 354 g/mol. The Morgan fingerprint density at radius 3 is 2.52 bits per heavy atom. The SMILES string of the molecule is CC(C)C[C@H](C(=O)O)N1C(=O)/C(=C/c2ccc(Cl)cc2)SC1=S. The maximum absolute atomic E-state index is 12.6. The highest BCUT2D eigenvalue weighted by Gasteiger charge is 2.40. The van der Waals surface area contributed by atoms with Crippen molar-refractivity contribution in [2.75, 3.05) is 0 Å². The van der Waals surface area contributed by atoms with E-state index in [2.05, 4.69) is 0 Å². The van der Waals surface area contributed by atoms with Gasteiger partial charge in [0.15, 0.2) is 0 Å². The second kappa shape index (κ2) is 7.47. The van der Waals surface area contributed by atoms with Gasteiger partial charge in [-0.25, -0.2) is 4.79 Å². The summed E-state index contributed by atoms with van der Waals surface area (Å²) in [6.07, 6.45) is 2.06. The molecule has 1 heterocycles. The Hall–Kier alpha value is -1.37. The first-order valence-corrected chi connectivity index (χ1v) is 8.65. The molecule has 1 aromatic carbocycles. The van der Waals surface area contributed by atoms with Gasteiger partial charge in [-0.1, -0.05) is 61.6 Å². The number of benzene rings is 1. The zero-order valence-corrected chi connectivity index (χ0v) is 15.0. The average Bonchev–Trinajstić information content (AvgIpc) is 2.73. The first kappa shape index (κ1) is 18.0. The smallest absolute Gasteiger partial charge is 0.326 e. The predicted molar refractivity (Wildman–Crippen MR) is 97.3 cm³/mol. The van der Waals surface area contributed by atoms with Gasteiger partial charge in [-0.3, -0.25) is 9.69 Å². The van der Waals surface area contributed by atoms with Crippen LogP contribution in [0.2, 0.25) is 5.02 Å². The molecule has 1 saturated heterocycles. The number of hydrogen-bond donors (Lipinski definition) is 1. The van der Waals surface area contributed by atoms with E-state index in [1.54, 1.807) is 30.3 Å². The van der Waals surface area contributed by atoms with E-state index >= 15 is 0 Å². The van der Waals surface area contributed by atoms with Crippen molar-refractivity contribution in [1.82, 2.24) is 4.90 Å². The highest BCUT2D eigenvalue weighted by Crippen LogP contribution is 2.35. The van der Waals surface area contributed by atoms with E-state index in [0.717, 1.165) is 17.3 Å². The number of carboxylic acids is 1. The molecule has 1 aromatic rings. The van der Waals surface area contributed by atoms with Crippen LogP contribution in [0.1, 0.15) is 25.8 Å². The predicted octanol–water partition coefficient (Wildman–Crippen LogP) is 4.04. The first-order chi connectivity index (χ1) is 10.8. The van der Waals surface area contributed by atoms with Gasteiger partial charge in [0.25, 0.3) is 5.91 Å². The topological polar surface area (TPSA) is 57.6 Å². The van der Waals surface area contributed by atoms with E-state index in [0.29, 0.717) is 16.3 Å². The number of aliphatic carboxylic acids is 1. The minimum Gasteiger partial charge on any atom is -0.480 e. The summed E-state index contributed by atoms with van der Waals surface area (Å²) in [5.41, 5.74) is 0.811. The third-order valence-corrected chi connectivity index (χ3v) is 4.87. The molecule has 1 aliphatic rings. The molecule has 1 fully saturated rings. The first-order valence-electron chi connectivity index (χ1n) is 7.05. The fourth-order valence-electron chi connectivity index (χ4n) is 2.22. The summed E-state index contributed by atoms with van der Waals surface area (Å²) in [5.74, 6) is -1.26. The number of hydrogen-bond acceptors (Lipinski definition) is 4. The van der Waals surface area contributed by atoms with Gasteiger partial charge in [-0.15, -0.1) is 0 Å². The third-order valence-electron chi connectivity index (χ3n) is 3.28. The lowest BCUT2D eigenvalue weighted by Crippen LogP contribution is -2.44. The average molecular weight is 370 g/mol. The second-order valence-electron chi connectivity index (χ2n) is 5.59. The Labute approximate surface area is 149 Å². The van der Waals surface area contributed by atoms with Gasteiger partial charge < -0.3 is 5.11 Å². The van der Waals surface area contributed by atoms with E-state index < -0.39 is 12.0 Å². The van der Waals surface area contributed by atoms with E-state index in [-0.39, 0.29) is 16.1 Å². The van der Waals surface area contributed by atoms with Gasteiger partial charge in [0.1, 0.15) is 10.4 Å². The van der Waals surface area contributed by atoms with Crippen LogP contribution in [0.25, 0.3) is 6.08 Å². The molecule has 2 rings (SSSR count). The molecule has 0 aliphatic carbocycles. The van der Waals surface area contributed by atoms with Crippen molar-refractivity contribution in [2.45, 2.75) is 26.3 Å². The summed E-state index contributed by atoms with van der Waals surface area (Å²) in [5, 5.41) is 10.0. The number of nitrogens with zero attached hydrogens (tertiary/aromatic N) is 1. The molecule has 122 valence electrons. The quantitative estimate of drug-likeness (QED) is 0.627. The number of rotatable bonds is 5. The lowest BCUT2D eigenvalue weighted by atomic mass is 10.0. The molecule has 1 aliphatic heterocycles. The molecule has 1 amide bonds. The number of carbonyl (C=O) groups is 2. The molecule has 1 N–H and O–H groups in total. The fourth-order valence-corrected chi connectivity index (χ4v) is 3.70. The normalized spacial score (nSPS) is 18.1. The number of thiocarbonyl (C=S) groups is 1. The van der Waals surface area contributed by atoms with Gasteiger partial charge in [-0.2, -0.15) is 0 Å². The van der Waals surface area contributed by atoms with Crippen LogP contribution in [0, 0.1) is 5.92 Å². The maximum atomic E-state index is 12.6. The Morgan fingerprint density at radius 1 is 1.39 bits per heavy atom. The zero-order valence-electron chi connectivity index (χ0n) is 12.7. The highest BCUT2D eigenvalue weighted by atomic mass is 35.5. The van der Waals surface area contributed by atoms with Crippen LogP contribution in [0.3, 0.4) is 0 Å². The molecule has 23 heavy (non-hydrogen) atoms. The van der Waals surface area contributed by atoms with Crippen LogP contribution in [-0.4, -0.2) is 32.2 Å². The summed E-state index contributed by atoms with van der Waals surface area (Å²) in [6, 6.07) is 6.11. The number of halogens is 1. The Balaban J connectivity index is 2.28. The monoisotopic (exact) mass is 369 g/mol. The number of carbonyl (C=O) groups excluding carboxylic acids is 1. The third kappa shape index (κ3) is 4.34. The van der Waals surface area contributed by atoms with Gasteiger partial charge in [0, 0.05) is 5.02 Å². The lowest BCUT2D eigenvalue weighted by molar-refractivity contribution is -0.145. The largest absolute Gasteiger partial charge is 0.480 e. The summed E-state index contributed by atoms with van der Waals surface area (Å²) < 4.78 is 0.281. The number of carboxylic acid groups (broad SMARTS) is 1. The molecule has 4 nitrogen and oxygen atoms in total. The highest BCUT2D eigenvalue weighted by molar-refractivity contribution is 8.26. The minimum absolute atomic E-state index is 0.140. The minimum atomic E-state index is -1.04. The van der Waals surface area contributed by atoms with Gasteiger partial charge in [0.2, 0.25) is 0 Å². The van der Waals surface area contributed by atoms with Crippen LogP contribution in [0.5, 0.6) is 0 Å². The molecule has 1 atom stereocenters. The molecular formula is C16H16ClNO3S2. The Morgan fingerprint density at radius 2 is 2.00 bits per heavy atom. The van der Waals surface area contributed by atoms with Crippen molar-refractivity contribution in [3.05, 3.63) is 39.8 Å². The van der Waals surface area contributed by atoms with Crippen molar-refractivity contribution in [3.63, 3.8) is 0 Å². The lowest BCUT2D eigenvalue weighted by Gasteiger charge is -2.24. The van der Waals surface area contributed by atoms with Crippen molar-refractivity contribution < 1.29 is 14.7 Å². The van der Waals surface area contributed by atoms with Crippen molar-refractivity contribution in [2.24, 2.45) is 5.92 Å². The van der Waals surface area contributed by atoms with Crippen LogP contribution >= 0.6 is 35.6 Å². The molecule has 7 heteroatoms. The summed E-state index contributed by atoms with van der Waals surface area (Å²) >= 11 is 12.2. The standard InChI is InChI=1S/C16H16ClNO3S2/c1-9(2)7-12(15(20)21)18-14(19)13(23-16(18)22)8-10-3-5-11(17)6-4-10/h3-6,8-9,12H,7H2,1-2H3,(H,20,21)/b13-8-/t12-/m1/s1. The van der Waals surface area contributed by atoms with E-state index in [4.69, 9.17) is 23.8 Å². The fraction of sp³-hybridized carbons (Fsp3) is 0.312. The van der Waals surface area contributed by atoms with Crippen molar-refractivity contribution in [3.8, 4) is 0 Å². The second-order valence-corrected chi connectivity index (χ2v) is 7.70. The summed E-state index contributed by atoms with van der Waals surface area (Å²) in [4.78, 5) is 25.7. The Kier molecular flexibility index (Phi) is 5.84. The van der Waals surface area contributed by atoms with E-state index in [1.165, 1.54) is 4.90 Å². The zero-order chi connectivity index (χ0) is 17.1. The van der Waals surface area contributed by atoms with Crippen molar-refractivity contribution in [1.29, 1.82) is 0 Å². The molecule has 0 radical (unpaired) electrons. The molecule has 0 spiro atoms. The molecule has 0 aromatic heterocycles. The number of amides is 1. The Bertz CT molecular complexity index is 670. The van der Waals surface area contributed by atoms with Gasteiger partial charge in [-0.05, 0) is 36.1 Å². The summed E-state index contributed by atoms with van der Waals surface area (Å²) in [6.45, 7) is 3.83. The van der Waals surface area contributed by atoms with Gasteiger partial charge >= 0.3 is 5.97 Å². The van der Waals surface area contributed by atoms with Crippen LogP contribution < -0.4 is 0 Å². The number of thioether (sulfide) groups is 1. The van der Waals surface area contributed by atoms with E-state index in [9.17, 15) is 14.7 Å². The van der Waals surface area contributed by atoms with Crippen LogP contribution in [-0.2, 0) is 9.59 Å². The maximum Gasteiger partial charge on any atom is 0.326 e. The van der Waals surface area contributed by atoms with E-state index in [1.807, 2.05) is 13.8 Å².